The van der Waals surface area contributed by atoms with Gasteiger partial charge >= 0.3 is 23.9 Å². The first-order chi connectivity index (χ1) is 26.3. The van der Waals surface area contributed by atoms with Gasteiger partial charge < -0.3 is 54.3 Å². The molecule has 0 amide bonds. The third-order valence-electron chi connectivity index (χ3n) is 16.1. The van der Waals surface area contributed by atoms with Gasteiger partial charge in [-0.25, -0.2) is 4.79 Å². The van der Waals surface area contributed by atoms with Crippen LogP contribution in [0.4, 0.5) is 0 Å². The average molecular weight is 810 g/mol. The summed E-state index contributed by atoms with van der Waals surface area (Å²) in [5.74, 6) is -11.5. The summed E-state index contributed by atoms with van der Waals surface area (Å²) >= 11 is 0. The summed E-state index contributed by atoms with van der Waals surface area (Å²) in [4.78, 5) is 55.6. The highest BCUT2D eigenvalue weighted by molar-refractivity contribution is 5.79. The Kier molecular flexibility index (Phi) is 10.3. The second kappa shape index (κ2) is 13.8. The van der Waals surface area contributed by atoms with Gasteiger partial charge in [0.2, 0.25) is 5.79 Å². The maximum absolute atomic E-state index is 13.9. The van der Waals surface area contributed by atoms with Crippen molar-refractivity contribution in [2.45, 2.75) is 172 Å². The fourth-order valence-electron chi connectivity index (χ4n) is 13.1. The number of carbonyl (C=O) groups excluding carboxylic acids is 4. The number of carbonyl (C=O) groups is 4. The number of aliphatic hydroxyl groups is 6. The number of piperidine rings is 2. The van der Waals surface area contributed by atoms with Crippen LogP contribution in [0.1, 0.15) is 101 Å². The lowest BCUT2D eigenvalue weighted by atomic mass is 9.48. The lowest BCUT2D eigenvalue weighted by Gasteiger charge is -2.64. The molecule has 0 aromatic rings. The van der Waals surface area contributed by atoms with Crippen LogP contribution in [0.25, 0.3) is 0 Å². The number of ether oxygens (including phenoxy) is 5. The highest BCUT2D eigenvalue weighted by atomic mass is 16.7. The Morgan fingerprint density at radius 2 is 1.54 bits per heavy atom. The number of rotatable bonds is 8. The summed E-state index contributed by atoms with van der Waals surface area (Å²) in [6.07, 6.45) is -7.41. The summed E-state index contributed by atoms with van der Waals surface area (Å²) in [6, 6.07) is -0.329. The average Bonchev–Trinajstić information content (AvgIpc) is 3.40. The number of esters is 4. The molecule has 4 bridgehead atoms. The van der Waals surface area contributed by atoms with Gasteiger partial charge in [0.25, 0.3) is 0 Å². The quantitative estimate of drug-likeness (QED) is 0.145. The van der Waals surface area contributed by atoms with Crippen LogP contribution in [0.3, 0.4) is 0 Å². The molecule has 4 saturated carbocycles. The smallest absolute Gasteiger partial charge is 0.341 e. The molecule has 16 heteroatoms. The minimum absolute atomic E-state index is 0.0170. The minimum atomic E-state index is -2.47. The number of fused-ring (bicyclic) bond motifs is 5. The molecule has 7 rings (SSSR count). The van der Waals surface area contributed by atoms with Crippen LogP contribution in [0, 0.1) is 46.8 Å². The van der Waals surface area contributed by atoms with Gasteiger partial charge in [-0.3, -0.25) is 19.3 Å². The van der Waals surface area contributed by atoms with Gasteiger partial charge in [0.05, 0.1) is 41.2 Å². The Morgan fingerprint density at radius 1 is 0.930 bits per heavy atom. The number of hydrogen-bond acceptors (Lipinski definition) is 16. The molecule has 1 spiro atoms. The largest absolute Gasteiger partial charge is 0.458 e. The zero-order chi connectivity index (χ0) is 42.2. The molecule has 20 atom stereocenters. The molecule has 3 aliphatic heterocycles. The van der Waals surface area contributed by atoms with Crippen molar-refractivity contribution in [3.05, 3.63) is 0 Å². The summed E-state index contributed by atoms with van der Waals surface area (Å²) in [5, 5.41) is 73.2. The van der Waals surface area contributed by atoms with Crippen molar-refractivity contribution in [2.75, 3.05) is 13.1 Å². The Bertz CT molecular complexity index is 1650. The molecule has 13 unspecified atom stereocenters. The van der Waals surface area contributed by atoms with E-state index in [0.717, 1.165) is 27.2 Å². The van der Waals surface area contributed by atoms with Gasteiger partial charge in [-0.1, -0.05) is 27.7 Å². The molecule has 0 aromatic heterocycles. The van der Waals surface area contributed by atoms with Crippen LogP contribution in [0.15, 0.2) is 0 Å². The van der Waals surface area contributed by atoms with E-state index in [0.29, 0.717) is 31.8 Å². The molecule has 322 valence electrons. The fraction of sp³-hybridized carbons (Fsp3) is 0.902. The van der Waals surface area contributed by atoms with Gasteiger partial charge in [-0.2, -0.15) is 0 Å². The molecule has 3 heterocycles. The van der Waals surface area contributed by atoms with Crippen molar-refractivity contribution in [1.82, 2.24) is 4.90 Å². The minimum Gasteiger partial charge on any atom is -0.458 e. The maximum atomic E-state index is 13.9. The predicted molar refractivity (Wildman–Crippen MR) is 196 cm³/mol. The molecular formula is C41H63NO15. The van der Waals surface area contributed by atoms with E-state index < -0.39 is 130 Å². The van der Waals surface area contributed by atoms with E-state index in [4.69, 9.17) is 23.7 Å². The summed E-state index contributed by atoms with van der Waals surface area (Å²) < 4.78 is 31.1. The number of hydrogen-bond donors (Lipinski definition) is 6. The first-order valence-electron chi connectivity index (χ1n) is 20.8. The molecule has 7 aliphatic rings. The monoisotopic (exact) mass is 809 g/mol. The molecular weight excluding hydrogens is 746 g/mol. The van der Waals surface area contributed by atoms with Crippen molar-refractivity contribution in [3.63, 3.8) is 0 Å². The molecule has 7 fully saturated rings. The number of aliphatic hydroxyl groups excluding tert-OH is 2. The summed E-state index contributed by atoms with van der Waals surface area (Å²) in [6.45, 7) is 14.7. The van der Waals surface area contributed by atoms with E-state index in [9.17, 15) is 49.8 Å². The van der Waals surface area contributed by atoms with Gasteiger partial charge in [0, 0.05) is 44.3 Å². The van der Waals surface area contributed by atoms with Crippen LogP contribution in [-0.4, -0.2) is 143 Å². The second-order valence-corrected chi connectivity index (χ2v) is 19.4. The number of nitrogens with zero attached hydrogens (tertiary/aromatic N) is 1. The first kappa shape index (κ1) is 42.7. The predicted octanol–water partition coefficient (Wildman–Crippen LogP) is 0.578. The van der Waals surface area contributed by atoms with E-state index in [1.807, 2.05) is 6.92 Å². The molecule has 16 nitrogen and oxygen atoms in total. The van der Waals surface area contributed by atoms with Crippen molar-refractivity contribution >= 4 is 23.9 Å². The SMILES string of the molecule is CCC(C)C(=O)O[C@H]1[C@H](O)C2C(CN3CC(C)CCC3C2(C)O)C2C[C@@]34O[C@@]5(O)C(C(OC(C)=O)C(OC(C)=O)C3[C@@]21O)[C@]4(C)CC[C@@H]5OC(=O)C(C)(O)C(C)O. The Morgan fingerprint density at radius 3 is 2.12 bits per heavy atom. The van der Waals surface area contributed by atoms with Crippen molar-refractivity contribution < 1.29 is 73.5 Å². The van der Waals surface area contributed by atoms with E-state index in [1.54, 1.807) is 20.8 Å². The fourth-order valence-corrected chi connectivity index (χ4v) is 13.1. The molecule has 0 radical (unpaired) electrons. The molecule has 4 aliphatic carbocycles. The van der Waals surface area contributed by atoms with Crippen molar-refractivity contribution in [2.24, 2.45) is 46.8 Å². The van der Waals surface area contributed by atoms with Gasteiger partial charge in [-0.05, 0) is 77.0 Å². The summed E-state index contributed by atoms with van der Waals surface area (Å²) in [5.41, 5.74) is -9.03. The van der Waals surface area contributed by atoms with Crippen LogP contribution in [0.2, 0.25) is 0 Å². The molecule has 3 saturated heterocycles. The third kappa shape index (κ3) is 5.81. The Labute approximate surface area is 333 Å². The van der Waals surface area contributed by atoms with Crippen molar-refractivity contribution in [3.8, 4) is 0 Å². The summed E-state index contributed by atoms with van der Waals surface area (Å²) in [7, 11) is 0. The molecule has 0 aromatic carbocycles. The van der Waals surface area contributed by atoms with Gasteiger partial charge in [0.1, 0.15) is 17.8 Å². The Hall–Kier alpha value is -2.44. The van der Waals surface area contributed by atoms with E-state index in [1.165, 1.54) is 6.92 Å². The standard InChI is InChI=1S/C41H63NO15/c1-10-19(3)34(47)56-33-28(46)27-23(17-42-16-18(2)11-12-25(42)38(27,9)50)24-15-39-32(40(24,33)51)30(54-22(6)45)29(53-21(5)44)31-36(39,7)14-13-26(41(31,52)57-39)55-35(48)37(8,49)20(4)43/h18-20,23-33,43,46,49-52H,10-17H2,1-9H3/t18?,19?,20?,23?,24?,25?,26-,27?,28+,29?,30?,31?,32?,33-,36-,37?,38?,39+,40-,41+/m0/s1. The molecule has 57 heavy (non-hydrogen) atoms. The van der Waals surface area contributed by atoms with E-state index in [-0.39, 0.29) is 25.3 Å². The van der Waals surface area contributed by atoms with E-state index >= 15 is 0 Å². The van der Waals surface area contributed by atoms with Crippen LogP contribution in [0.5, 0.6) is 0 Å². The van der Waals surface area contributed by atoms with Crippen LogP contribution < -0.4 is 0 Å². The van der Waals surface area contributed by atoms with Crippen LogP contribution >= 0.6 is 0 Å². The highest BCUT2D eigenvalue weighted by Gasteiger charge is 2.90. The second-order valence-electron chi connectivity index (χ2n) is 19.4. The van der Waals surface area contributed by atoms with E-state index in [2.05, 4.69) is 11.8 Å². The van der Waals surface area contributed by atoms with Crippen LogP contribution in [-0.2, 0) is 42.9 Å². The van der Waals surface area contributed by atoms with Crippen molar-refractivity contribution in [1.29, 1.82) is 0 Å². The zero-order valence-electron chi connectivity index (χ0n) is 34.5. The third-order valence-corrected chi connectivity index (χ3v) is 16.1. The highest BCUT2D eigenvalue weighted by Crippen LogP contribution is 2.78. The topological polar surface area (TPSA) is 239 Å². The molecule has 6 N–H and O–H groups in total. The Balaban J connectivity index is 1.45. The van der Waals surface area contributed by atoms with Gasteiger partial charge in [0.15, 0.2) is 17.8 Å². The lowest BCUT2D eigenvalue weighted by Crippen LogP contribution is -2.78. The zero-order valence-corrected chi connectivity index (χ0v) is 34.5. The first-order valence-corrected chi connectivity index (χ1v) is 20.8. The lowest BCUT2D eigenvalue weighted by molar-refractivity contribution is -0.301. The maximum Gasteiger partial charge on any atom is 0.341 e. The van der Waals surface area contributed by atoms with Gasteiger partial charge in [-0.15, -0.1) is 0 Å². The normalized spacial score (nSPS) is 50.4.